The highest BCUT2D eigenvalue weighted by molar-refractivity contribution is 5.62. The summed E-state index contributed by atoms with van der Waals surface area (Å²) in [4.78, 5) is 11.6. The number of aliphatic hydroxyl groups is 2. The van der Waals surface area contributed by atoms with E-state index in [2.05, 4.69) is 19.1 Å². The molecule has 1 heterocycles. The maximum Gasteiger partial charge on any atom is 0.508 e. The van der Waals surface area contributed by atoms with Gasteiger partial charge < -0.3 is 19.7 Å². The van der Waals surface area contributed by atoms with E-state index >= 15 is 0 Å². The first-order valence-corrected chi connectivity index (χ1v) is 10.1. The smallest absolute Gasteiger partial charge is 0.430 e. The van der Waals surface area contributed by atoms with Gasteiger partial charge in [0.1, 0.15) is 12.2 Å². The summed E-state index contributed by atoms with van der Waals surface area (Å²) in [5, 5.41) is 19.0. The van der Waals surface area contributed by atoms with Crippen LogP contribution in [0.25, 0.3) is 0 Å². The molecule has 1 saturated carbocycles. The van der Waals surface area contributed by atoms with Gasteiger partial charge in [0, 0.05) is 24.9 Å². The number of hydrogen-bond acceptors (Lipinski definition) is 5. The number of fused-ring (bicyclic) bond motifs is 2. The average molecular weight is 366 g/mol. The summed E-state index contributed by atoms with van der Waals surface area (Å²) < 4.78 is 10.7. The molecule has 1 saturated heterocycles. The minimum atomic E-state index is -0.567. The number of aliphatic hydroxyl groups excluding tert-OH is 2. The van der Waals surface area contributed by atoms with Crippen LogP contribution in [-0.4, -0.2) is 41.3 Å². The first kappa shape index (κ1) is 21.0. The molecule has 2 aliphatic rings. The van der Waals surface area contributed by atoms with Gasteiger partial charge in [-0.3, -0.25) is 0 Å². The third-order valence-corrected chi connectivity index (χ3v) is 5.37. The van der Waals surface area contributed by atoms with Gasteiger partial charge in [0.15, 0.2) is 0 Å². The molecule has 5 atom stereocenters. The number of rotatable bonds is 12. The summed E-state index contributed by atoms with van der Waals surface area (Å²) in [5.41, 5.74) is 0. The number of carbonyl (C=O) groups excluding carboxylic acids is 1. The second-order valence-electron chi connectivity index (χ2n) is 7.41. The number of ether oxygens (including phenoxy) is 2. The van der Waals surface area contributed by atoms with Crippen molar-refractivity contribution in [2.75, 3.05) is 6.61 Å². The number of unbranched alkanes of at least 4 members (excludes halogenated alkanes) is 4. The third kappa shape index (κ3) is 6.44. The van der Waals surface area contributed by atoms with Crippen molar-refractivity contribution in [2.45, 2.75) is 83.0 Å². The summed E-state index contributed by atoms with van der Waals surface area (Å²) in [7, 11) is 0. The molecule has 26 heavy (non-hydrogen) atoms. The maximum absolute atomic E-state index is 11.6. The lowest BCUT2D eigenvalue weighted by Gasteiger charge is -2.20. The number of carbonyl (C=O) groups is 1. The number of hydrogen-bond donors (Lipinski definition) is 2. The van der Waals surface area contributed by atoms with Gasteiger partial charge in [-0.2, -0.15) is 0 Å². The molecule has 2 bridgehead atoms. The lowest BCUT2D eigenvalue weighted by molar-refractivity contribution is -0.0346. The lowest BCUT2D eigenvalue weighted by atomic mass is 9.89. The summed E-state index contributed by atoms with van der Waals surface area (Å²) >= 11 is 0. The second kappa shape index (κ2) is 11.4. The van der Waals surface area contributed by atoms with E-state index in [1.807, 2.05) is 12.2 Å². The molecule has 5 nitrogen and oxygen atoms in total. The third-order valence-electron chi connectivity index (χ3n) is 5.37. The van der Waals surface area contributed by atoms with Gasteiger partial charge in [-0.15, -0.1) is 0 Å². The Morgan fingerprint density at radius 1 is 1.15 bits per heavy atom. The van der Waals surface area contributed by atoms with Crippen LogP contribution in [-0.2, 0) is 9.47 Å². The molecule has 0 aromatic carbocycles. The predicted molar refractivity (Wildman–Crippen MR) is 101 cm³/mol. The van der Waals surface area contributed by atoms with Gasteiger partial charge in [0.05, 0.1) is 6.10 Å². The van der Waals surface area contributed by atoms with Crippen molar-refractivity contribution in [3.05, 3.63) is 24.3 Å². The molecule has 0 spiro atoms. The Balaban J connectivity index is 1.91. The van der Waals surface area contributed by atoms with Gasteiger partial charge in [-0.1, -0.05) is 50.5 Å². The fourth-order valence-electron chi connectivity index (χ4n) is 3.90. The average Bonchev–Trinajstić information content (AvgIpc) is 2.86. The summed E-state index contributed by atoms with van der Waals surface area (Å²) in [6.45, 7) is 2.39. The Hall–Kier alpha value is -1.33. The predicted octanol–water partition coefficient (Wildman–Crippen LogP) is 4.13. The van der Waals surface area contributed by atoms with Crippen LogP contribution in [0.15, 0.2) is 24.3 Å². The van der Waals surface area contributed by atoms with Crippen molar-refractivity contribution in [2.24, 2.45) is 11.8 Å². The zero-order valence-corrected chi connectivity index (χ0v) is 15.9. The minimum absolute atomic E-state index is 0.0920. The first-order valence-electron chi connectivity index (χ1n) is 10.1. The largest absolute Gasteiger partial charge is 0.508 e. The van der Waals surface area contributed by atoms with Crippen molar-refractivity contribution < 1.29 is 24.5 Å². The van der Waals surface area contributed by atoms with Gasteiger partial charge in [0.25, 0.3) is 0 Å². The van der Waals surface area contributed by atoms with E-state index in [1.165, 1.54) is 0 Å². The van der Waals surface area contributed by atoms with E-state index in [0.717, 1.165) is 57.8 Å². The number of allylic oxidation sites excluding steroid dienone is 2. The molecule has 5 heteroatoms. The minimum Gasteiger partial charge on any atom is -0.430 e. The van der Waals surface area contributed by atoms with E-state index in [-0.39, 0.29) is 30.7 Å². The molecule has 1 aliphatic carbocycles. The molecule has 2 N–H and O–H groups in total. The zero-order valence-electron chi connectivity index (χ0n) is 15.9. The van der Waals surface area contributed by atoms with Crippen LogP contribution >= 0.6 is 0 Å². The van der Waals surface area contributed by atoms with Crippen LogP contribution < -0.4 is 0 Å². The molecule has 0 aromatic rings. The van der Waals surface area contributed by atoms with Gasteiger partial charge >= 0.3 is 6.16 Å². The normalized spacial score (nSPS) is 29.3. The quantitative estimate of drug-likeness (QED) is 0.308. The van der Waals surface area contributed by atoms with Crippen LogP contribution in [0.4, 0.5) is 4.79 Å². The van der Waals surface area contributed by atoms with Crippen molar-refractivity contribution in [3.63, 3.8) is 0 Å². The zero-order chi connectivity index (χ0) is 18.8. The Morgan fingerprint density at radius 2 is 1.96 bits per heavy atom. The van der Waals surface area contributed by atoms with Crippen LogP contribution in [0.1, 0.15) is 64.7 Å². The monoisotopic (exact) mass is 366 g/mol. The molecular weight excluding hydrogens is 332 g/mol. The topological polar surface area (TPSA) is 76.0 Å². The highest BCUT2D eigenvalue weighted by Gasteiger charge is 2.49. The van der Waals surface area contributed by atoms with Gasteiger partial charge in [-0.25, -0.2) is 4.79 Å². The fourth-order valence-corrected chi connectivity index (χ4v) is 3.90. The SMILES string of the molecule is CCCCC[C@H](O)/C=C/[C@@H]1[C@@H](C/C=C\CCCCO)[C@@H]2C[C@@H]1OC(=O)O2. The molecule has 2 rings (SSSR count). The van der Waals surface area contributed by atoms with E-state index in [1.54, 1.807) is 0 Å². The second-order valence-corrected chi connectivity index (χ2v) is 7.41. The summed E-state index contributed by atoms with van der Waals surface area (Å²) in [6.07, 6.45) is 15.3. The Kier molecular flexibility index (Phi) is 9.19. The molecule has 0 amide bonds. The molecule has 148 valence electrons. The Bertz CT molecular complexity index is 473. The molecule has 0 unspecified atom stereocenters. The van der Waals surface area contributed by atoms with Crippen LogP contribution in [0.5, 0.6) is 0 Å². The van der Waals surface area contributed by atoms with Crippen molar-refractivity contribution in [1.29, 1.82) is 0 Å². The van der Waals surface area contributed by atoms with Crippen molar-refractivity contribution in [1.82, 2.24) is 0 Å². The van der Waals surface area contributed by atoms with E-state index in [0.29, 0.717) is 0 Å². The Labute approximate surface area is 157 Å². The first-order chi connectivity index (χ1) is 12.7. The summed E-state index contributed by atoms with van der Waals surface area (Å²) in [6, 6.07) is 0. The van der Waals surface area contributed by atoms with Gasteiger partial charge in [-0.05, 0) is 32.1 Å². The maximum atomic E-state index is 11.6. The highest BCUT2D eigenvalue weighted by Crippen LogP contribution is 2.43. The lowest BCUT2D eigenvalue weighted by Crippen LogP contribution is -2.28. The van der Waals surface area contributed by atoms with E-state index < -0.39 is 12.3 Å². The van der Waals surface area contributed by atoms with E-state index in [9.17, 15) is 9.90 Å². The molecular formula is C21H34O5. The van der Waals surface area contributed by atoms with Gasteiger partial charge in [0.2, 0.25) is 0 Å². The van der Waals surface area contributed by atoms with Crippen LogP contribution in [0.3, 0.4) is 0 Å². The molecule has 0 radical (unpaired) electrons. The fraction of sp³-hybridized carbons (Fsp3) is 0.762. The molecule has 2 fully saturated rings. The Morgan fingerprint density at radius 3 is 2.73 bits per heavy atom. The van der Waals surface area contributed by atoms with Crippen LogP contribution in [0, 0.1) is 11.8 Å². The standard InChI is InChI=1S/C21H34O5/c1-2-3-7-10-16(23)12-13-18-17(11-8-5-4-6-9-14-22)19-15-20(18)26-21(24)25-19/h5,8,12-13,16-20,22-23H,2-4,6-7,9-11,14-15H2,1H3/b8-5-,13-12+/t16-,17+,18+,19-,20-/m0/s1. The van der Waals surface area contributed by atoms with Crippen molar-refractivity contribution >= 4 is 6.16 Å². The highest BCUT2D eigenvalue weighted by atomic mass is 16.7. The molecule has 0 aromatic heterocycles. The van der Waals surface area contributed by atoms with E-state index in [4.69, 9.17) is 14.6 Å². The molecule has 1 aliphatic heterocycles. The summed E-state index contributed by atoms with van der Waals surface area (Å²) in [5.74, 6) is 0.286. The van der Waals surface area contributed by atoms with Crippen LogP contribution in [0.2, 0.25) is 0 Å². The van der Waals surface area contributed by atoms with Crippen molar-refractivity contribution in [3.8, 4) is 0 Å².